The molecule has 0 amide bonds. The third-order valence-corrected chi connectivity index (χ3v) is 1.02. The van der Waals surface area contributed by atoms with E-state index in [1.807, 2.05) is 0 Å². The molecule has 5 nitrogen and oxygen atoms in total. The maximum absolute atomic E-state index is 9.93. The first-order valence-corrected chi connectivity index (χ1v) is 3.25. The van der Waals surface area contributed by atoms with Crippen LogP contribution in [0.3, 0.4) is 0 Å². The van der Waals surface area contributed by atoms with Crippen molar-refractivity contribution in [1.29, 1.82) is 0 Å². The monoisotopic (exact) mass is 160 g/mol. The molecule has 0 atom stereocenters. The van der Waals surface area contributed by atoms with Crippen LogP contribution in [-0.4, -0.2) is 30.1 Å². The van der Waals surface area contributed by atoms with Gasteiger partial charge in [-0.3, -0.25) is 4.79 Å². The van der Waals surface area contributed by atoms with E-state index in [4.69, 9.17) is 5.11 Å². The molecule has 64 valence electrons. The molecule has 0 aromatic rings. The van der Waals surface area contributed by atoms with E-state index in [-0.39, 0.29) is 19.4 Å². The number of aliphatic carboxylic acids is 2. The topological polar surface area (TPSA) is 89.5 Å². The molecule has 0 rings (SSSR count). The molecule has 0 saturated heterocycles. The van der Waals surface area contributed by atoms with Crippen LogP contribution in [0.1, 0.15) is 12.8 Å². The van der Waals surface area contributed by atoms with Crippen LogP contribution in [-0.2, 0) is 9.59 Å². The summed E-state index contributed by atoms with van der Waals surface area (Å²) in [5.74, 6) is -2.03. The van der Waals surface area contributed by atoms with E-state index in [0.29, 0.717) is 6.54 Å². The van der Waals surface area contributed by atoms with Crippen LogP contribution in [0.2, 0.25) is 0 Å². The lowest BCUT2D eigenvalue weighted by atomic mass is 10.4. The van der Waals surface area contributed by atoms with Gasteiger partial charge < -0.3 is 20.3 Å². The summed E-state index contributed by atoms with van der Waals surface area (Å²) < 4.78 is 0. The Morgan fingerprint density at radius 1 is 1.27 bits per heavy atom. The molecule has 0 saturated carbocycles. The largest absolute Gasteiger partial charge is 0.550 e. The highest BCUT2D eigenvalue weighted by Crippen LogP contribution is 1.76. The summed E-state index contributed by atoms with van der Waals surface area (Å²) >= 11 is 0. The minimum absolute atomic E-state index is 0.00699. The molecule has 0 aromatic carbocycles. The van der Waals surface area contributed by atoms with Crippen molar-refractivity contribution in [2.24, 2.45) is 0 Å². The number of carboxylic acids is 2. The smallest absolute Gasteiger partial charge is 0.304 e. The maximum atomic E-state index is 9.93. The molecular weight excluding hydrogens is 150 g/mol. The van der Waals surface area contributed by atoms with Crippen LogP contribution in [0.4, 0.5) is 0 Å². The Morgan fingerprint density at radius 3 is 2.27 bits per heavy atom. The summed E-state index contributed by atoms with van der Waals surface area (Å²) in [6.45, 7) is 0.554. The quantitative estimate of drug-likeness (QED) is 0.447. The van der Waals surface area contributed by atoms with Crippen LogP contribution >= 0.6 is 0 Å². The Balaban J connectivity index is 3.03. The zero-order valence-corrected chi connectivity index (χ0v) is 6.00. The van der Waals surface area contributed by atoms with Gasteiger partial charge in [-0.05, 0) is 6.42 Å². The second kappa shape index (κ2) is 5.67. The zero-order chi connectivity index (χ0) is 8.69. The first kappa shape index (κ1) is 9.90. The molecule has 0 radical (unpaired) electrons. The van der Waals surface area contributed by atoms with Crippen molar-refractivity contribution in [1.82, 2.24) is 5.32 Å². The average Bonchev–Trinajstić information content (AvgIpc) is 1.85. The Morgan fingerprint density at radius 2 is 1.82 bits per heavy atom. The minimum Gasteiger partial charge on any atom is -0.550 e. The number of carbonyl (C=O) groups excluding carboxylic acids is 1. The van der Waals surface area contributed by atoms with Crippen molar-refractivity contribution in [2.45, 2.75) is 12.8 Å². The molecule has 0 bridgehead atoms. The number of rotatable bonds is 6. The fourth-order valence-corrected chi connectivity index (χ4v) is 0.511. The van der Waals surface area contributed by atoms with Crippen LogP contribution in [0, 0.1) is 0 Å². The van der Waals surface area contributed by atoms with Crippen molar-refractivity contribution in [3.63, 3.8) is 0 Å². The van der Waals surface area contributed by atoms with Crippen LogP contribution < -0.4 is 10.4 Å². The van der Waals surface area contributed by atoms with Crippen molar-refractivity contribution in [3.8, 4) is 0 Å². The van der Waals surface area contributed by atoms with E-state index >= 15 is 0 Å². The van der Waals surface area contributed by atoms with Crippen LogP contribution in [0.5, 0.6) is 0 Å². The molecule has 0 aliphatic carbocycles. The van der Waals surface area contributed by atoms with Gasteiger partial charge in [0, 0.05) is 19.1 Å². The van der Waals surface area contributed by atoms with Crippen LogP contribution in [0.25, 0.3) is 0 Å². The van der Waals surface area contributed by atoms with E-state index < -0.39 is 11.9 Å². The van der Waals surface area contributed by atoms with E-state index in [9.17, 15) is 14.7 Å². The minimum atomic E-state index is -1.13. The SMILES string of the molecule is O=C([O-])CCNCCC(=O)O. The average molecular weight is 160 g/mol. The van der Waals surface area contributed by atoms with Gasteiger partial charge in [-0.15, -0.1) is 0 Å². The molecule has 2 N–H and O–H groups in total. The maximum Gasteiger partial charge on any atom is 0.304 e. The van der Waals surface area contributed by atoms with E-state index in [1.54, 1.807) is 0 Å². The van der Waals surface area contributed by atoms with Gasteiger partial charge in [0.1, 0.15) is 0 Å². The number of carbonyl (C=O) groups is 2. The lowest BCUT2D eigenvalue weighted by Gasteiger charge is -2.02. The van der Waals surface area contributed by atoms with Gasteiger partial charge in [-0.2, -0.15) is 0 Å². The second-order valence-electron chi connectivity index (χ2n) is 2.02. The van der Waals surface area contributed by atoms with Crippen molar-refractivity contribution in [2.75, 3.05) is 13.1 Å². The zero-order valence-electron chi connectivity index (χ0n) is 6.00. The summed E-state index contributed by atoms with van der Waals surface area (Å²) in [5, 5.41) is 20.6. The predicted molar refractivity (Wildman–Crippen MR) is 34.7 cm³/mol. The third-order valence-electron chi connectivity index (χ3n) is 1.02. The summed E-state index contributed by atoms with van der Waals surface area (Å²) in [5.41, 5.74) is 0. The van der Waals surface area contributed by atoms with Crippen molar-refractivity contribution in [3.05, 3.63) is 0 Å². The molecule has 0 aromatic heterocycles. The Labute approximate surface area is 64.0 Å². The fourth-order valence-electron chi connectivity index (χ4n) is 0.511. The van der Waals surface area contributed by atoms with Crippen LogP contribution in [0.15, 0.2) is 0 Å². The van der Waals surface area contributed by atoms with Gasteiger partial charge in [0.05, 0.1) is 6.42 Å². The van der Waals surface area contributed by atoms with Gasteiger partial charge in [0.25, 0.3) is 0 Å². The van der Waals surface area contributed by atoms with Gasteiger partial charge in [0.2, 0.25) is 0 Å². The summed E-state index contributed by atoms with van der Waals surface area (Å²) in [6, 6.07) is 0. The normalized spacial score (nSPS) is 9.45. The summed E-state index contributed by atoms with van der Waals surface area (Å²) in [4.78, 5) is 19.8. The Bertz CT molecular complexity index is 130. The van der Waals surface area contributed by atoms with Gasteiger partial charge in [-0.1, -0.05) is 0 Å². The molecule has 11 heavy (non-hydrogen) atoms. The number of hydrogen-bond donors (Lipinski definition) is 2. The van der Waals surface area contributed by atoms with Gasteiger partial charge in [-0.25, -0.2) is 0 Å². The van der Waals surface area contributed by atoms with E-state index in [1.165, 1.54) is 0 Å². The predicted octanol–water partition coefficient (Wildman–Crippen LogP) is -1.81. The standard InChI is InChI=1S/C6H11NO4/c8-5(9)1-3-7-4-2-6(10)11/h7H,1-4H2,(H,8,9)(H,10,11)/p-1. The number of hydrogen-bond acceptors (Lipinski definition) is 4. The van der Waals surface area contributed by atoms with Crippen molar-refractivity contribution < 1.29 is 19.8 Å². The van der Waals surface area contributed by atoms with Gasteiger partial charge in [0.15, 0.2) is 0 Å². The molecule has 0 aliphatic rings. The number of nitrogens with one attached hydrogen (secondary N) is 1. The lowest BCUT2D eigenvalue weighted by Crippen LogP contribution is -2.28. The first-order valence-electron chi connectivity index (χ1n) is 3.25. The highest BCUT2D eigenvalue weighted by molar-refractivity contribution is 5.67. The molecule has 0 spiro atoms. The Hall–Kier alpha value is -1.10. The fraction of sp³-hybridized carbons (Fsp3) is 0.667. The molecule has 0 heterocycles. The highest BCUT2D eigenvalue weighted by Gasteiger charge is 1.94. The summed E-state index contributed by atoms with van der Waals surface area (Å²) in [7, 11) is 0. The second-order valence-corrected chi connectivity index (χ2v) is 2.02. The lowest BCUT2D eigenvalue weighted by molar-refractivity contribution is -0.305. The third kappa shape index (κ3) is 8.90. The van der Waals surface area contributed by atoms with E-state index in [2.05, 4.69) is 5.32 Å². The summed E-state index contributed by atoms with van der Waals surface area (Å²) in [6.07, 6.45) is -0.0767. The molecular formula is C6H10NO4-. The molecule has 0 unspecified atom stereocenters. The first-order chi connectivity index (χ1) is 5.13. The molecule has 0 aliphatic heterocycles. The Kier molecular flexibility index (Phi) is 5.10. The van der Waals surface area contributed by atoms with Crippen molar-refractivity contribution >= 4 is 11.9 Å². The van der Waals surface area contributed by atoms with Gasteiger partial charge >= 0.3 is 5.97 Å². The molecule has 0 fully saturated rings. The molecule has 5 heteroatoms. The van der Waals surface area contributed by atoms with E-state index in [0.717, 1.165) is 0 Å². The number of carboxylic acid groups (broad SMARTS) is 2. The highest BCUT2D eigenvalue weighted by atomic mass is 16.4.